The van der Waals surface area contributed by atoms with E-state index in [1.807, 2.05) is 26.0 Å². The minimum Gasteiger partial charge on any atom is -0.491 e. The molecule has 0 radical (unpaired) electrons. The smallest absolute Gasteiger partial charge is 0.119 e. The van der Waals surface area contributed by atoms with Gasteiger partial charge in [0.15, 0.2) is 0 Å². The minimum atomic E-state index is -0.101. The van der Waals surface area contributed by atoms with Crippen molar-refractivity contribution in [2.75, 3.05) is 19.7 Å². The van der Waals surface area contributed by atoms with Gasteiger partial charge in [-0.05, 0) is 44.5 Å². The molecule has 17 heavy (non-hydrogen) atoms. The minimum absolute atomic E-state index is 0.101. The molecule has 0 aromatic heterocycles. The fourth-order valence-electron chi connectivity index (χ4n) is 2.38. The van der Waals surface area contributed by atoms with E-state index in [2.05, 4.69) is 17.4 Å². The van der Waals surface area contributed by atoms with Crippen LogP contribution < -0.4 is 10.1 Å². The van der Waals surface area contributed by atoms with Crippen molar-refractivity contribution in [3.05, 3.63) is 29.8 Å². The second kappa shape index (κ2) is 5.07. The van der Waals surface area contributed by atoms with Gasteiger partial charge in [0.05, 0.1) is 12.7 Å². The van der Waals surface area contributed by atoms with Crippen LogP contribution in [0.5, 0.6) is 5.75 Å². The van der Waals surface area contributed by atoms with Crippen LogP contribution in [0.3, 0.4) is 0 Å². The summed E-state index contributed by atoms with van der Waals surface area (Å²) in [4.78, 5) is 0. The predicted octanol–water partition coefficient (Wildman–Crippen LogP) is 1.70. The maximum atomic E-state index is 9.61. The van der Waals surface area contributed by atoms with Crippen molar-refractivity contribution >= 4 is 0 Å². The number of benzene rings is 1. The van der Waals surface area contributed by atoms with E-state index in [9.17, 15) is 5.11 Å². The van der Waals surface area contributed by atoms with E-state index in [0.717, 1.165) is 25.3 Å². The molecule has 2 N–H and O–H groups in total. The van der Waals surface area contributed by atoms with Gasteiger partial charge < -0.3 is 15.2 Å². The quantitative estimate of drug-likeness (QED) is 0.834. The first-order chi connectivity index (χ1) is 8.16. The molecule has 94 valence electrons. The Morgan fingerprint density at radius 2 is 2.06 bits per heavy atom. The fourth-order valence-corrected chi connectivity index (χ4v) is 2.38. The Labute approximate surface area is 103 Å². The summed E-state index contributed by atoms with van der Waals surface area (Å²) in [5.74, 6) is 0.891. The van der Waals surface area contributed by atoms with Gasteiger partial charge in [0.25, 0.3) is 0 Å². The maximum absolute atomic E-state index is 9.61. The fraction of sp³-hybridized carbons (Fsp3) is 0.571. The van der Waals surface area contributed by atoms with Crippen LogP contribution in [0.4, 0.5) is 0 Å². The molecule has 3 heteroatoms. The second-order valence-corrected chi connectivity index (χ2v) is 5.06. The number of hydrogen-bond donors (Lipinski definition) is 2. The van der Waals surface area contributed by atoms with Crippen molar-refractivity contribution < 1.29 is 9.84 Å². The molecule has 2 rings (SSSR count). The number of aliphatic hydroxyl groups excluding tert-OH is 1. The number of rotatable bonds is 4. The third-order valence-corrected chi connectivity index (χ3v) is 3.38. The first-order valence-corrected chi connectivity index (χ1v) is 6.25. The van der Waals surface area contributed by atoms with E-state index >= 15 is 0 Å². The lowest BCUT2D eigenvalue weighted by atomic mass is 9.80. The molecular weight excluding hydrogens is 214 g/mol. The Hall–Kier alpha value is -1.06. The highest BCUT2D eigenvalue weighted by molar-refractivity contribution is 5.34. The molecule has 3 nitrogen and oxygen atoms in total. The molecule has 1 fully saturated rings. The Morgan fingerprint density at radius 3 is 2.53 bits per heavy atom. The van der Waals surface area contributed by atoms with Gasteiger partial charge in [-0.15, -0.1) is 0 Å². The molecule has 0 amide bonds. The zero-order valence-electron chi connectivity index (χ0n) is 10.6. The summed E-state index contributed by atoms with van der Waals surface area (Å²) in [5.41, 5.74) is 1.09. The summed E-state index contributed by atoms with van der Waals surface area (Å²) in [6, 6.07) is 8.12. The summed E-state index contributed by atoms with van der Waals surface area (Å²) < 4.78 is 5.62. The Balaban J connectivity index is 2.16. The number of hydrogen-bond acceptors (Lipinski definition) is 3. The van der Waals surface area contributed by atoms with Crippen LogP contribution in [0.2, 0.25) is 0 Å². The van der Waals surface area contributed by atoms with Gasteiger partial charge in [0.1, 0.15) is 5.75 Å². The van der Waals surface area contributed by atoms with E-state index in [4.69, 9.17) is 4.74 Å². The molecule has 0 aliphatic carbocycles. The van der Waals surface area contributed by atoms with Crippen LogP contribution in [0.15, 0.2) is 24.3 Å². The molecule has 1 atom stereocenters. The van der Waals surface area contributed by atoms with Gasteiger partial charge in [-0.25, -0.2) is 0 Å². The third kappa shape index (κ3) is 2.61. The van der Waals surface area contributed by atoms with Crippen molar-refractivity contribution in [3.8, 4) is 5.75 Å². The van der Waals surface area contributed by atoms with Crippen molar-refractivity contribution in [2.45, 2.75) is 31.8 Å². The molecule has 0 saturated carbocycles. The second-order valence-electron chi connectivity index (χ2n) is 5.06. The summed E-state index contributed by atoms with van der Waals surface area (Å²) in [6.45, 7) is 6.07. The molecule has 0 bridgehead atoms. The lowest BCUT2D eigenvalue weighted by Gasteiger charge is -2.26. The van der Waals surface area contributed by atoms with Crippen LogP contribution in [-0.4, -0.2) is 30.9 Å². The van der Waals surface area contributed by atoms with Crippen LogP contribution in [0.1, 0.15) is 25.8 Å². The van der Waals surface area contributed by atoms with Gasteiger partial charge in [0.2, 0.25) is 0 Å². The molecular formula is C14H21NO2. The average Bonchev–Trinajstić information content (AvgIpc) is 2.79. The Bertz CT molecular complexity index is 353. The summed E-state index contributed by atoms with van der Waals surface area (Å²) in [7, 11) is 0. The van der Waals surface area contributed by atoms with Gasteiger partial charge >= 0.3 is 0 Å². The normalized spacial score (nSPS) is 24.2. The highest BCUT2D eigenvalue weighted by atomic mass is 16.5. The first-order valence-electron chi connectivity index (χ1n) is 6.25. The molecule has 1 aliphatic rings. The zero-order chi connectivity index (χ0) is 12.3. The Morgan fingerprint density at radius 1 is 1.35 bits per heavy atom. The SMILES string of the molecule is CC(C)Oc1ccc(C2(CO)CCNC2)cc1. The predicted molar refractivity (Wildman–Crippen MR) is 68.5 cm³/mol. The van der Waals surface area contributed by atoms with E-state index in [1.54, 1.807) is 0 Å². The van der Waals surface area contributed by atoms with Crippen molar-refractivity contribution in [3.63, 3.8) is 0 Å². The topological polar surface area (TPSA) is 41.5 Å². The standard InChI is InChI=1S/C14H21NO2/c1-11(2)17-13-5-3-12(4-6-13)14(10-16)7-8-15-9-14/h3-6,11,15-16H,7-10H2,1-2H3. The molecule has 1 aromatic carbocycles. The molecule has 0 spiro atoms. The molecule has 1 aromatic rings. The number of aliphatic hydroxyl groups is 1. The summed E-state index contributed by atoms with van der Waals surface area (Å²) >= 11 is 0. The van der Waals surface area contributed by atoms with Crippen LogP contribution in [0, 0.1) is 0 Å². The van der Waals surface area contributed by atoms with Crippen molar-refractivity contribution in [2.24, 2.45) is 0 Å². The highest BCUT2D eigenvalue weighted by Crippen LogP contribution is 2.31. The van der Waals surface area contributed by atoms with Crippen LogP contribution in [-0.2, 0) is 5.41 Å². The van der Waals surface area contributed by atoms with Crippen LogP contribution in [0.25, 0.3) is 0 Å². The van der Waals surface area contributed by atoms with Gasteiger partial charge in [-0.2, -0.15) is 0 Å². The first kappa shape index (κ1) is 12.4. The molecule has 1 saturated heterocycles. The largest absolute Gasteiger partial charge is 0.491 e. The van der Waals surface area contributed by atoms with E-state index in [-0.39, 0.29) is 18.1 Å². The lowest BCUT2D eigenvalue weighted by molar-refractivity contribution is 0.205. The molecule has 1 aliphatic heterocycles. The van der Waals surface area contributed by atoms with Crippen LogP contribution >= 0.6 is 0 Å². The Kier molecular flexibility index (Phi) is 3.69. The maximum Gasteiger partial charge on any atom is 0.119 e. The van der Waals surface area contributed by atoms with Gasteiger partial charge in [-0.1, -0.05) is 12.1 Å². The van der Waals surface area contributed by atoms with Gasteiger partial charge in [-0.3, -0.25) is 0 Å². The van der Waals surface area contributed by atoms with Crippen molar-refractivity contribution in [1.29, 1.82) is 0 Å². The molecule has 1 heterocycles. The summed E-state index contributed by atoms with van der Waals surface area (Å²) in [6.07, 6.45) is 1.19. The summed E-state index contributed by atoms with van der Waals surface area (Å²) in [5, 5.41) is 12.9. The van der Waals surface area contributed by atoms with E-state index in [0.29, 0.717) is 0 Å². The number of nitrogens with one attached hydrogen (secondary N) is 1. The third-order valence-electron chi connectivity index (χ3n) is 3.38. The van der Waals surface area contributed by atoms with E-state index < -0.39 is 0 Å². The lowest BCUT2D eigenvalue weighted by Crippen LogP contribution is -2.32. The monoisotopic (exact) mass is 235 g/mol. The zero-order valence-corrected chi connectivity index (χ0v) is 10.6. The number of ether oxygens (including phenoxy) is 1. The average molecular weight is 235 g/mol. The van der Waals surface area contributed by atoms with Gasteiger partial charge in [0, 0.05) is 12.0 Å². The van der Waals surface area contributed by atoms with E-state index in [1.165, 1.54) is 5.56 Å². The highest BCUT2D eigenvalue weighted by Gasteiger charge is 2.34. The molecule has 1 unspecified atom stereocenters. The van der Waals surface area contributed by atoms with Crippen molar-refractivity contribution in [1.82, 2.24) is 5.32 Å².